The number of thiophene rings is 1. The number of ether oxygens (including phenoxy) is 2. The molecule has 2 aromatic carbocycles. The lowest BCUT2D eigenvalue weighted by Gasteiger charge is -2.12. The summed E-state index contributed by atoms with van der Waals surface area (Å²) >= 11 is 1.18. The Bertz CT molecular complexity index is 1440. The minimum Gasteiger partial charge on any atom is -0.493 e. The van der Waals surface area contributed by atoms with E-state index in [1.807, 2.05) is 24.3 Å². The van der Waals surface area contributed by atoms with E-state index in [1.165, 1.54) is 24.0 Å². The molecule has 0 aliphatic carbocycles. The Morgan fingerprint density at radius 1 is 1.12 bits per heavy atom. The zero-order valence-corrected chi connectivity index (χ0v) is 19.8. The molecule has 0 fully saturated rings. The number of aromatic amines is 1. The summed E-state index contributed by atoms with van der Waals surface area (Å²) < 4.78 is 10.8. The number of nitrogen functional groups attached to an aromatic ring is 2. The molecule has 0 saturated carbocycles. The average molecular weight is 475 g/mol. The van der Waals surface area contributed by atoms with E-state index >= 15 is 0 Å². The number of amides is 1. The van der Waals surface area contributed by atoms with Crippen LogP contribution in [0.4, 0.5) is 17.2 Å². The van der Waals surface area contributed by atoms with Crippen LogP contribution in [0.1, 0.15) is 27.7 Å². The van der Waals surface area contributed by atoms with Gasteiger partial charge in [0.25, 0.3) is 11.7 Å². The Balaban J connectivity index is 1.86. The topological polar surface area (TPSA) is 138 Å². The van der Waals surface area contributed by atoms with Gasteiger partial charge in [-0.15, -0.1) is 0 Å². The Kier molecular flexibility index (Phi) is 6.25. The van der Waals surface area contributed by atoms with Crippen LogP contribution in [0.3, 0.4) is 0 Å². The lowest BCUT2D eigenvalue weighted by molar-refractivity contribution is -0.323. The number of nitrogens with one attached hydrogen (secondary N) is 2. The number of fused-ring (bicyclic) bond motifs is 1. The molecule has 8 nitrogen and oxygen atoms in total. The number of nitriles is 1. The molecule has 4 rings (SSSR count). The van der Waals surface area contributed by atoms with E-state index in [0.717, 1.165) is 6.42 Å². The van der Waals surface area contributed by atoms with Crippen molar-refractivity contribution in [1.82, 2.24) is 0 Å². The third-order valence-corrected chi connectivity index (χ3v) is 6.69. The molecule has 6 N–H and O–H groups in total. The number of hydrogen-bond donors (Lipinski definition) is 3. The predicted octanol–water partition coefficient (Wildman–Crippen LogP) is 4.25. The molecule has 2 heterocycles. The van der Waals surface area contributed by atoms with Crippen LogP contribution < -0.4 is 31.2 Å². The van der Waals surface area contributed by atoms with Crippen LogP contribution in [0.25, 0.3) is 21.3 Å². The van der Waals surface area contributed by atoms with Gasteiger partial charge in [-0.3, -0.25) is 10.5 Å². The van der Waals surface area contributed by atoms with E-state index in [1.54, 1.807) is 25.3 Å². The van der Waals surface area contributed by atoms with Gasteiger partial charge in [-0.05, 0) is 41.8 Å². The summed E-state index contributed by atoms with van der Waals surface area (Å²) in [5.41, 5.74) is 16.2. The number of nitrogens with zero attached hydrogens (tertiary/aromatic N) is 1. The second-order valence-corrected chi connectivity index (χ2v) is 8.54. The third-order valence-electron chi connectivity index (χ3n) is 5.57. The largest absolute Gasteiger partial charge is 0.493 e. The van der Waals surface area contributed by atoms with E-state index < -0.39 is 0 Å². The Labute approximate surface area is 200 Å². The molecule has 2 aromatic heterocycles. The van der Waals surface area contributed by atoms with Crippen molar-refractivity contribution in [3.8, 4) is 28.7 Å². The molecular weight excluding hydrogens is 450 g/mol. The minimum absolute atomic E-state index is 0.183. The van der Waals surface area contributed by atoms with Crippen molar-refractivity contribution in [3.05, 3.63) is 58.5 Å². The van der Waals surface area contributed by atoms with Crippen molar-refractivity contribution in [3.63, 3.8) is 0 Å². The minimum atomic E-state index is -0.341. The number of anilines is 3. The van der Waals surface area contributed by atoms with Crippen LogP contribution in [0, 0.1) is 11.3 Å². The summed E-state index contributed by atoms with van der Waals surface area (Å²) in [7, 11) is 3.08. The summed E-state index contributed by atoms with van der Waals surface area (Å²) in [6.45, 7) is 2.07. The fourth-order valence-electron chi connectivity index (χ4n) is 3.80. The van der Waals surface area contributed by atoms with E-state index in [-0.39, 0.29) is 23.0 Å². The van der Waals surface area contributed by atoms with Crippen LogP contribution in [-0.2, 0) is 6.42 Å². The van der Waals surface area contributed by atoms with Gasteiger partial charge in [-0.1, -0.05) is 36.5 Å². The number of hydrogen-bond acceptors (Lipinski definition) is 7. The van der Waals surface area contributed by atoms with Crippen LogP contribution in [0.5, 0.6) is 11.5 Å². The Hall–Kier alpha value is -4.29. The van der Waals surface area contributed by atoms with E-state index in [9.17, 15) is 10.1 Å². The lowest BCUT2D eigenvalue weighted by atomic mass is 9.97. The van der Waals surface area contributed by atoms with E-state index in [2.05, 4.69) is 23.3 Å². The van der Waals surface area contributed by atoms with Crippen molar-refractivity contribution in [2.75, 3.05) is 31.0 Å². The number of methoxy groups -OCH3 is 2. The predicted molar refractivity (Wildman–Crippen MR) is 134 cm³/mol. The standard InChI is InChI=1S/C25H23N5O3S/c1-4-13-5-8-15(9-6-13)29-24(31)22-21(27)20-19(16(12-26)23(28)30-25(20)34-22)14-7-10-17(32-2)18(11-14)33-3/h5-11H,4,27H2,1-3H3,(H2,28,30)(H,29,31)/p+1. The fourth-order valence-corrected chi connectivity index (χ4v) is 4.84. The van der Waals surface area contributed by atoms with Crippen molar-refractivity contribution in [1.29, 1.82) is 5.26 Å². The molecule has 0 bridgehead atoms. The van der Waals surface area contributed by atoms with Gasteiger partial charge in [0.2, 0.25) is 0 Å². The van der Waals surface area contributed by atoms with Crippen LogP contribution in [0.2, 0.25) is 0 Å². The van der Waals surface area contributed by atoms with Crippen molar-refractivity contribution in [2.45, 2.75) is 13.3 Å². The third kappa shape index (κ3) is 3.95. The monoisotopic (exact) mass is 474 g/mol. The molecule has 0 radical (unpaired) electrons. The van der Waals surface area contributed by atoms with Gasteiger partial charge in [0, 0.05) is 11.3 Å². The van der Waals surface area contributed by atoms with Gasteiger partial charge in [0.1, 0.15) is 16.5 Å². The van der Waals surface area contributed by atoms with Gasteiger partial charge in [0.15, 0.2) is 16.3 Å². The molecule has 172 valence electrons. The highest BCUT2D eigenvalue weighted by Crippen LogP contribution is 2.43. The number of aryl methyl sites for hydroxylation is 1. The smallest absolute Gasteiger partial charge is 0.290 e. The van der Waals surface area contributed by atoms with E-state index in [0.29, 0.717) is 43.4 Å². The maximum Gasteiger partial charge on any atom is 0.290 e. The van der Waals surface area contributed by atoms with Gasteiger partial charge in [-0.2, -0.15) is 5.26 Å². The quantitative estimate of drug-likeness (QED) is 0.382. The number of carbonyl (C=O) groups excluding carboxylic acids is 1. The summed E-state index contributed by atoms with van der Waals surface area (Å²) in [6.07, 6.45) is 0.912. The van der Waals surface area contributed by atoms with Crippen molar-refractivity contribution >= 4 is 44.7 Å². The molecule has 0 unspecified atom stereocenters. The number of carbonyl (C=O) groups is 1. The van der Waals surface area contributed by atoms with Crippen LogP contribution in [-0.4, -0.2) is 20.1 Å². The number of H-pyrrole nitrogens is 1. The first-order valence-corrected chi connectivity index (χ1v) is 11.3. The highest BCUT2D eigenvalue weighted by Gasteiger charge is 2.27. The second kappa shape index (κ2) is 9.29. The number of nitrogens with two attached hydrogens (primary N) is 2. The molecule has 0 saturated heterocycles. The molecule has 0 spiro atoms. The molecule has 34 heavy (non-hydrogen) atoms. The average Bonchev–Trinajstić information content (AvgIpc) is 3.18. The summed E-state index contributed by atoms with van der Waals surface area (Å²) in [5.74, 6) is 0.879. The zero-order valence-electron chi connectivity index (χ0n) is 19.0. The van der Waals surface area contributed by atoms with Gasteiger partial charge >= 0.3 is 0 Å². The highest BCUT2D eigenvalue weighted by molar-refractivity contribution is 7.21. The fraction of sp³-hybridized carbons (Fsp3) is 0.160. The number of rotatable bonds is 6. The zero-order chi connectivity index (χ0) is 24.4. The SMILES string of the molecule is CCc1ccc(NC(=O)c2sc3[nH+]c(N)c(C#N)c(-c4ccc(OC)c(OC)c4)c3c2N)cc1. The molecule has 0 atom stereocenters. The molecular formula is C25H24N5O3S+. The lowest BCUT2D eigenvalue weighted by Crippen LogP contribution is -2.13. The van der Waals surface area contributed by atoms with E-state index in [4.69, 9.17) is 20.9 Å². The number of aromatic nitrogens is 1. The Morgan fingerprint density at radius 2 is 1.82 bits per heavy atom. The van der Waals surface area contributed by atoms with Crippen molar-refractivity contribution < 1.29 is 19.3 Å². The Morgan fingerprint density at radius 3 is 2.44 bits per heavy atom. The molecule has 0 aliphatic rings. The number of pyridine rings is 1. The summed E-state index contributed by atoms with van der Waals surface area (Å²) in [4.78, 5) is 17.0. The first kappa shape index (κ1) is 22.9. The van der Waals surface area contributed by atoms with Crippen LogP contribution >= 0.6 is 11.3 Å². The molecule has 4 aromatic rings. The molecule has 1 amide bonds. The maximum atomic E-state index is 13.1. The van der Waals surface area contributed by atoms with Gasteiger partial charge in [0.05, 0.1) is 25.3 Å². The molecule has 9 heteroatoms. The van der Waals surface area contributed by atoms with Crippen molar-refractivity contribution in [2.24, 2.45) is 0 Å². The summed E-state index contributed by atoms with van der Waals surface area (Å²) in [6, 6.07) is 15.1. The van der Waals surface area contributed by atoms with Crippen LogP contribution in [0.15, 0.2) is 42.5 Å². The summed E-state index contributed by atoms with van der Waals surface area (Å²) in [5, 5.41) is 13.3. The second-order valence-electron chi connectivity index (χ2n) is 7.52. The maximum absolute atomic E-state index is 13.1. The van der Waals surface area contributed by atoms with Gasteiger partial charge < -0.3 is 20.5 Å². The first-order valence-electron chi connectivity index (χ1n) is 10.5. The van der Waals surface area contributed by atoms with Gasteiger partial charge in [-0.25, -0.2) is 4.98 Å². The molecule has 0 aliphatic heterocycles. The highest BCUT2D eigenvalue weighted by atomic mass is 32.1. The normalized spacial score (nSPS) is 10.6. The first-order chi connectivity index (χ1) is 16.4. The number of benzene rings is 2.